The van der Waals surface area contributed by atoms with Gasteiger partial charge in [-0.15, -0.1) is 0 Å². The van der Waals surface area contributed by atoms with Crippen molar-refractivity contribution in [1.29, 1.82) is 0 Å². The van der Waals surface area contributed by atoms with Crippen LogP contribution in [0.4, 0.5) is 0 Å². The molecule has 1 heterocycles. The largest absolute Gasteiger partial charge is 0.312 e. The number of likely N-dealkylation sites (N-methyl/N-ethyl adjacent to an activating group) is 1. The fourth-order valence-electron chi connectivity index (χ4n) is 4.28. The second-order valence-corrected chi connectivity index (χ2v) is 6.67. The van der Waals surface area contributed by atoms with E-state index in [0.29, 0.717) is 12.1 Å². The third kappa shape index (κ3) is 2.40. The first-order valence-electron chi connectivity index (χ1n) is 8.23. The Hall–Kier alpha value is -0.860. The molecule has 0 radical (unpaired) electrons. The Morgan fingerprint density at radius 2 is 1.95 bits per heavy atom. The first-order valence-corrected chi connectivity index (χ1v) is 8.23. The predicted molar refractivity (Wildman–Crippen MR) is 84.9 cm³/mol. The van der Waals surface area contributed by atoms with E-state index in [2.05, 4.69) is 55.4 Å². The van der Waals surface area contributed by atoms with Gasteiger partial charge in [0.05, 0.1) is 0 Å². The Morgan fingerprint density at radius 1 is 1.15 bits per heavy atom. The summed E-state index contributed by atoms with van der Waals surface area (Å²) in [7, 11) is 2.12. The van der Waals surface area contributed by atoms with Gasteiger partial charge in [0.1, 0.15) is 0 Å². The molecule has 1 fully saturated rings. The van der Waals surface area contributed by atoms with E-state index in [1.807, 2.05) is 0 Å². The molecular formula is C18H28N2. The van der Waals surface area contributed by atoms with Crippen LogP contribution >= 0.6 is 0 Å². The smallest absolute Gasteiger partial charge is 0.0478 e. The molecule has 1 aromatic carbocycles. The highest BCUT2D eigenvalue weighted by molar-refractivity contribution is 5.34. The molecule has 0 amide bonds. The van der Waals surface area contributed by atoms with Crippen LogP contribution in [-0.2, 0) is 6.42 Å². The van der Waals surface area contributed by atoms with Gasteiger partial charge < -0.3 is 5.32 Å². The molecule has 2 aliphatic rings. The van der Waals surface area contributed by atoms with Gasteiger partial charge in [0.2, 0.25) is 0 Å². The molecule has 1 N–H and O–H groups in total. The molecule has 0 saturated carbocycles. The minimum atomic E-state index is 0.493. The average molecular weight is 272 g/mol. The van der Waals surface area contributed by atoms with Crippen molar-refractivity contribution in [2.75, 3.05) is 13.6 Å². The zero-order chi connectivity index (χ0) is 14.1. The summed E-state index contributed by atoms with van der Waals surface area (Å²) in [6, 6.07) is 10.9. The number of aryl methyl sites for hydroxylation is 1. The minimum absolute atomic E-state index is 0.493. The van der Waals surface area contributed by atoms with Gasteiger partial charge in [-0.1, -0.05) is 31.2 Å². The average Bonchev–Trinajstić information content (AvgIpc) is 2.49. The molecule has 4 atom stereocenters. The lowest BCUT2D eigenvalue weighted by molar-refractivity contribution is 0.0429. The topological polar surface area (TPSA) is 15.3 Å². The van der Waals surface area contributed by atoms with Crippen molar-refractivity contribution >= 4 is 0 Å². The van der Waals surface area contributed by atoms with E-state index in [1.165, 1.54) is 37.8 Å². The maximum absolute atomic E-state index is 3.60. The number of fused-ring (bicyclic) bond motifs is 1. The summed E-state index contributed by atoms with van der Waals surface area (Å²) in [4.78, 5) is 2.78. The second kappa shape index (κ2) is 5.87. The van der Waals surface area contributed by atoms with Crippen molar-refractivity contribution in [3.8, 4) is 0 Å². The summed E-state index contributed by atoms with van der Waals surface area (Å²) in [5.74, 6) is 0.832. The number of hydrogen-bond donors (Lipinski definition) is 1. The Labute approximate surface area is 123 Å². The van der Waals surface area contributed by atoms with Gasteiger partial charge in [-0.25, -0.2) is 0 Å². The molecule has 3 rings (SSSR count). The zero-order valence-electron chi connectivity index (χ0n) is 13.1. The Morgan fingerprint density at radius 3 is 2.75 bits per heavy atom. The maximum Gasteiger partial charge on any atom is 0.0478 e. The first-order chi connectivity index (χ1) is 9.72. The van der Waals surface area contributed by atoms with Crippen LogP contribution in [0.25, 0.3) is 0 Å². The van der Waals surface area contributed by atoms with Gasteiger partial charge in [-0.3, -0.25) is 4.90 Å². The molecule has 110 valence electrons. The van der Waals surface area contributed by atoms with Crippen LogP contribution in [-0.4, -0.2) is 30.6 Å². The number of rotatable bonds is 2. The number of likely N-dealkylation sites (tertiary alicyclic amines) is 1. The van der Waals surface area contributed by atoms with Crippen molar-refractivity contribution in [3.05, 3.63) is 35.4 Å². The molecule has 1 saturated heterocycles. The Bertz CT molecular complexity index is 456. The van der Waals surface area contributed by atoms with Crippen LogP contribution in [0.15, 0.2) is 24.3 Å². The SMILES string of the molecule is CNC1c2ccccc2CCC1N1CCCC(C)C1C. The van der Waals surface area contributed by atoms with E-state index in [9.17, 15) is 0 Å². The monoisotopic (exact) mass is 272 g/mol. The van der Waals surface area contributed by atoms with Crippen molar-refractivity contribution in [2.24, 2.45) is 5.92 Å². The van der Waals surface area contributed by atoms with Crippen molar-refractivity contribution in [1.82, 2.24) is 10.2 Å². The first kappa shape index (κ1) is 14.1. The predicted octanol–water partition coefficient (Wildman–Crippen LogP) is 3.38. The van der Waals surface area contributed by atoms with E-state index in [4.69, 9.17) is 0 Å². The van der Waals surface area contributed by atoms with Gasteiger partial charge in [-0.05, 0) is 63.2 Å². The van der Waals surface area contributed by atoms with Gasteiger partial charge in [0.15, 0.2) is 0 Å². The maximum atomic E-state index is 3.60. The summed E-state index contributed by atoms with van der Waals surface area (Å²) in [6.07, 6.45) is 5.28. The molecule has 0 spiro atoms. The van der Waals surface area contributed by atoms with E-state index in [-0.39, 0.29) is 0 Å². The molecule has 20 heavy (non-hydrogen) atoms. The van der Waals surface area contributed by atoms with Crippen molar-refractivity contribution in [2.45, 2.75) is 57.7 Å². The molecule has 0 aromatic heterocycles. The normalized spacial score (nSPS) is 34.8. The molecular weight excluding hydrogens is 244 g/mol. The molecule has 1 aromatic rings. The van der Waals surface area contributed by atoms with Crippen LogP contribution in [0.2, 0.25) is 0 Å². The molecule has 1 aliphatic carbocycles. The fourth-order valence-corrected chi connectivity index (χ4v) is 4.28. The summed E-state index contributed by atoms with van der Waals surface area (Å²) < 4.78 is 0. The highest BCUT2D eigenvalue weighted by Crippen LogP contribution is 2.36. The number of piperidine rings is 1. The van der Waals surface area contributed by atoms with E-state index in [1.54, 1.807) is 5.56 Å². The van der Waals surface area contributed by atoms with Crippen LogP contribution in [0.1, 0.15) is 50.3 Å². The van der Waals surface area contributed by atoms with Crippen molar-refractivity contribution in [3.63, 3.8) is 0 Å². The quantitative estimate of drug-likeness (QED) is 0.888. The Kier molecular flexibility index (Phi) is 4.13. The highest BCUT2D eigenvalue weighted by atomic mass is 15.2. The van der Waals surface area contributed by atoms with Crippen molar-refractivity contribution < 1.29 is 0 Å². The third-order valence-electron chi connectivity index (χ3n) is 5.64. The van der Waals surface area contributed by atoms with Crippen LogP contribution in [0.3, 0.4) is 0 Å². The Balaban J connectivity index is 1.87. The summed E-state index contributed by atoms with van der Waals surface area (Å²) in [5.41, 5.74) is 3.07. The summed E-state index contributed by atoms with van der Waals surface area (Å²) in [6.45, 7) is 6.12. The highest BCUT2D eigenvalue weighted by Gasteiger charge is 2.37. The standard InChI is InChI=1S/C18H28N2/c1-13-7-6-12-20(14(13)2)17-11-10-15-8-4-5-9-16(15)18(17)19-3/h4-5,8-9,13-14,17-19H,6-7,10-12H2,1-3H3. The molecule has 0 bridgehead atoms. The van der Waals surface area contributed by atoms with E-state index in [0.717, 1.165) is 12.0 Å². The van der Waals surface area contributed by atoms with Crippen LogP contribution in [0.5, 0.6) is 0 Å². The van der Waals surface area contributed by atoms with Gasteiger partial charge in [-0.2, -0.15) is 0 Å². The molecule has 2 nitrogen and oxygen atoms in total. The number of benzene rings is 1. The number of hydrogen-bond acceptors (Lipinski definition) is 2. The summed E-state index contributed by atoms with van der Waals surface area (Å²) in [5, 5.41) is 3.60. The summed E-state index contributed by atoms with van der Waals surface area (Å²) >= 11 is 0. The van der Waals surface area contributed by atoms with Gasteiger partial charge in [0.25, 0.3) is 0 Å². The van der Waals surface area contributed by atoms with E-state index >= 15 is 0 Å². The molecule has 2 heteroatoms. The number of nitrogens with one attached hydrogen (secondary N) is 1. The van der Waals surface area contributed by atoms with Gasteiger partial charge >= 0.3 is 0 Å². The van der Waals surface area contributed by atoms with Gasteiger partial charge in [0, 0.05) is 18.1 Å². The molecule has 4 unspecified atom stereocenters. The molecule has 1 aliphatic heterocycles. The lowest BCUT2D eigenvalue weighted by Gasteiger charge is -2.47. The fraction of sp³-hybridized carbons (Fsp3) is 0.667. The third-order valence-corrected chi connectivity index (χ3v) is 5.64. The number of nitrogens with zero attached hydrogens (tertiary/aromatic N) is 1. The lowest BCUT2D eigenvalue weighted by atomic mass is 9.80. The second-order valence-electron chi connectivity index (χ2n) is 6.67. The van der Waals surface area contributed by atoms with Crippen LogP contribution in [0, 0.1) is 5.92 Å². The van der Waals surface area contributed by atoms with Crippen LogP contribution < -0.4 is 5.32 Å². The lowest BCUT2D eigenvalue weighted by Crippen LogP contribution is -2.53. The zero-order valence-corrected chi connectivity index (χ0v) is 13.1. The van der Waals surface area contributed by atoms with E-state index < -0.39 is 0 Å². The minimum Gasteiger partial charge on any atom is -0.312 e.